The van der Waals surface area contributed by atoms with Crippen molar-refractivity contribution in [3.8, 4) is 11.1 Å². The fraction of sp³-hybridized carbons (Fsp3) is 0.300. The summed E-state index contributed by atoms with van der Waals surface area (Å²) in [5, 5.41) is 15.1. The first-order valence-corrected chi connectivity index (χ1v) is 9.26. The summed E-state index contributed by atoms with van der Waals surface area (Å²) in [6.07, 6.45) is 1.93. The van der Waals surface area contributed by atoms with Gasteiger partial charge in [-0.3, -0.25) is 9.89 Å². The molecule has 1 amide bonds. The molecule has 0 bridgehead atoms. The van der Waals surface area contributed by atoms with Gasteiger partial charge in [0, 0.05) is 22.5 Å². The Morgan fingerprint density at radius 3 is 2.85 bits per heavy atom. The van der Waals surface area contributed by atoms with Gasteiger partial charge in [0.05, 0.1) is 11.4 Å². The number of carbonyl (C=O) groups is 1. The van der Waals surface area contributed by atoms with E-state index in [-0.39, 0.29) is 24.2 Å². The number of carbonyl (C=O) groups excluding carboxylic acids is 1. The molecule has 7 heteroatoms. The fourth-order valence-electron chi connectivity index (χ4n) is 3.43. The van der Waals surface area contributed by atoms with Gasteiger partial charge in [-0.2, -0.15) is 5.10 Å². The van der Waals surface area contributed by atoms with E-state index in [1.807, 2.05) is 43.3 Å². The number of amides is 1. The summed E-state index contributed by atoms with van der Waals surface area (Å²) in [6.45, 7) is 3.72. The number of benzene rings is 2. The number of aromatic nitrogens is 2. The zero-order chi connectivity index (χ0) is 18.1. The summed E-state index contributed by atoms with van der Waals surface area (Å²) in [4.78, 5) is 12.5. The molecule has 1 aromatic heterocycles. The summed E-state index contributed by atoms with van der Waals surface area (Å²) in [5.74, 6) is 0.579. The molecule has 0 unspecified atom stereocenters. The van der Waals surface area contributed by atoms with Crippen LogP contribution in [0.15, 0.2) is 36.4 Å². The average Bonchev–Trinajstić information content (AvgIpc) is 3.04. The van der Waals surface area contributed by atoms with Crippen LogP contribution >= 0.6 is 24.0 Å². The molecule has 0 spiro atoms. The minimum atomic E-state index is -0.00905. The molecule has 4 rings (SSSR count). The first kappa shape index (κ1) is 19.7. The molecule has 142 valence electrons. The predicted octanol–water partition coefficient (Wildman–Crippen LogP) is 4.55. The summed E-state index contributed by atoms with van der Waals surface area (Å²) >= 11 is 6.41. The Labute approximate surface area is 169 Å². The molecule has 5 nitrogen and oxygen atoms in total. The number of anilines is 1. The molecule has 3 N–H and O–H groups in total. The van der Waals surface area contributed by atoms with E-state index < -0.39 is 0 Å². The SMILES string of the molecule is Cc1ccc(-c2ccc3[nH]nc(NC(=O)[C@@H]4CCCNC4)c3c2)c(Cl)c1.Cl. The van der Waals surface area contributed by atoms with Gasteiger partial charge in [0.1, 0.15) is 0 Å². The van der Waals surface area contributed by atoms with Crippen LogP contribution in [0.3, 0.4) is 0 Å². The van der Waals surface area contributed by atoms with Crippen molar-refractivity contribution in [2.24, 2.45) is 5.92 Å². The van der Waals surface area contributed by atoms with E-state index in [0.717, 1.165) is 53.5 Å². The van der Waals surface area contributed by atoms with Gasteiger partial charge in [-0.1, -0.05) is 29.8 Å². The van der Waals surface area contributed by atoms with E-state index in [1.165, 1.54) is 0 Å². The Bertz CT molecular complexity index is 964. The third-order valence-electron chi connectivity index (χ3n) is 4.91. The molecule has 1 saturated heterocycles. The Morgan fingerprint density at radius 2 is 2.11 bits per heavy atom. The average molecular weight is 405 g/mol. The van der Waals surface area contributed by atoms with Crippen LogP contribution < -0.4 is 10.6 Å². The molecule has 1 aliphatic rings. The van der Waals surface area contributed by atoms with Crippen LogP contribution in [0.1, 0.15) is 18.4 Å². The van der Waals surface area contributed by atoms with Crippen LogP contribution in [0.25, 0.3) is 22.0 Å². The number of H-pyrrole nitrogens is 1. The van der Waals surface area contributed by atoms with Gasteiger partial charge in [0.25, 0.3) is 0 Å². The number of rotatable bonds is 3. The Morgan fingerprint density at radius 1 is 1.26 bits per heavy atom. The van der Waals surface area contributed by atoms with Gasteiger partial charge in [-0.15, -0.1) is 12.4 Å². The lowest BCUT2D eigenvalue weighted by atomic mass is 9.99. The van der Waals surface area contributed by atoms with E-state index in [0.29, 0.717) is 10.8 Å². The number of fused-ring (bicyclic) bond motifs is 1. The molecule has 1 atom stereocenters. The highest BCUT2D eigenvalue weighted by molar-refractivity contribution is 6.33. The summed E-state index contributed by atoms with van der Waals surface area (Å²) in [5.41, 5.74) is 3.97. The molecular formula is C20H22Cl2N4O. The van der Waals surface area contributed by atoms with E-state index in [9.17, 15) is 4.79 Å². The molecule has 0 saturated carbocycles. The van der Waals surface area contributed by atoms with Crippen molar-refractivity contribution in [2.45, 2.75) is 19.8 Å². The lowest BCUT2D eigenvalue weighted by Crippen LogP contribution is -2.37. The first-order valence-electron chi connectivity index (χ1n) is 8.88. The number of aromatic amines is 1. The zero-order valence-electron chi connectivity index (χ0n) is 15.0. The smallest absolute Gasteiger partial charge is 0.229 e. The molecule has 1 fully saturated rings. The maximum absolute atomic E-state index is 12.5. The van der Waals surface area contributed by atoms with Gasteiger partial charge < -0.3 is 10.6 Å². The predicted molar refractivity (Wildman–Crippen MR) is 113 cm³/mol. The normalized spacial score (nSPS) is 16.7. The number of hydrogen-bond acceptors (Lipinski definition) is 3. The maximum atomic E-state index is 12.5. The Kier molecular flexibility index (Phi) is 6.05. The Hall–Kier alpha value is -2.08. The number of piperidine rings is 1. The molecule has 0 radical (unpaired) electrons. The Balaban J connectivity index is 0.00000210. The van der Waals surface area contributed by atoms with Crippen LogP contribution in [-0.2, 0) is 4.79 Å². The quantitative estimate of drug-likeness (QED) is 0.599. The largest absolute Gasteiger partial charge is 0.316 e. The van der Waals surface area contributed by atoms with Crippen LogP contribution in [0, 0.1) is 12.8 Å². The van der Waals surface area contributed by atoms with Crippen molar-refractivity contribution in [1.29, 1.82) is 0 Å². The number of hydrogen-bond donors (Lipinski definition) is 3. The van der Waals surface area contributed by atoms with Crippen LogP contribution in [0.2, 0.25) is 5.02 Å². The minimum absolute atomic E-state index is 0. The van der Waals surface area contributed by atoms with Crippen molar-refractivity contribution >= 4 is 46.6 Å². The van der Waals surface area contributed by atoms with Crippen LogP contribution in [0.5, 0.6) is 0 Å². The molecule has 0 aliphatic carbocycles. The van der Waals surface area contributed by atoms with Crippen molar-refractivity contribution in [3.63, 3.8) is 0 Å². The molecule has 3 aromatic rings. The van der Waals surface area contributed by atoms with E-state index in [4.69, 9.17) is 11.6 Å². The molecule has 2 heterocycles. The number of nitrogens with zero attached hydrogens (tertiary/aromatic N) is 1. The first-order chi connectivity index (χ1) is 12.6. The van der Waals surface area contributed by atoms with Gasteiger partial charge in [-0.25, -0.2) is 0 Å². The van der Waals surface area contributed by atoms with Crippen LogP contribution in [-0.4, -0.2) is 29.2 Å². The second-order valence-electron chi connectivity index (χ2n) is 6.85. The van der Waals surface area contributed by atoms with Gasteiger partial charge in [0.2, 0.25) is 5.91 Å². The number of aryl methyl sites for hydroxylation is 1. The van der Waals surface area contributed by atoms with Crippen molar-refractivity contribution in [1.82, 2.24) is 15.5 Å². The van der Waals surface area contributed by atoms with Crippen LogP contribution in [0.4, 0.5) is 5.82 Å². The second-order valence-corrected chi connectivity index (χ2v) is 7.26. The monoisotopic (exact) mass is 404 g/mol. The highest BCUT2D eigenvalue weighted by Gasteiger charge is 2.22. The van der Waals surface area contributed by atoms with Crippen molar-refractivity contribution in [3.05, 3.63) is 47.0 Å². The molecule has 2 aromatic carbocycles. The van der Waals surface area contributed by atoms with E-state index >= 15 is 0 Å². The lowest BCUT2D eigenvalue weighted by molar-refractivity contribution is -0.120. The zero-order valence-corrected chi connectivity index (χ0v) is 16.6. The summed E-state index contributed by atoms with van der Waals surface area (Å²) in [7, 11) is 0. The molecular weight excluding hydrogens is 383 g/mol. The molecule has 1 aliphatic heterocycles. The van der Waals surface area contributed by atoms with Gasteiger partial charge in [-0.05, 0) is 55.6 Å². The maximum Gasteiger partial charge on any atom is 0.229 e. The van der Waals surface area contributed by atoms with E-state index in [2.05, 4.69) is 20.8 Å². The standard InChI is InChI=1S/C20H21ClN4O.ClH/c1-12-4-6-15(17(21)9-12)13-5-7-18-16(10-13)19(25-24-18)23-20(26)14-3-2-8-22-11-14;/h4-7,9-10,14,22H,2-3,8,11H2,1H3,(H2,23,24,25,26);1H/t14-;/m1./s1. The minimum Gasteiger partial charge on any atom is -0.316 e. The fourth-order valence-corrected chi connectivity index (χ4v) is 3.77. The highest BCUT2D eigenvalue weighted by Crippen LogP contribution is 2.32. The van der Waals surface area contributed by atoms with Crippen molar-refractivity contribution < 1.29 is 4.79 Å². The summed E-state index contributed by atoms with van der Waals surface area (Å²) < 4.78 is 0. The summed E-state index contributed by atoms with van der Waals surface area (Å²) in [6, 6.07) is 12.0. The molecule has 27 heavy (non-hydrogen) atoms. The number of halogens is 2. The third kappa shape index (κ3) is 4.10. The van der Waals surface area contributed by atoms with Gasteiger partial charge >= 0.3 is 0 Å². The van der Waals surface area contributed by atoms with Crippen molar-refractivity contribution in [2.75, 3.05) is 18.4 Å². The number of nitrogens with one attached hydrogen (secondary N) is 3. The lowest BCUT2D eigenvalue weighted by Gasteiger charge is -2.21. The van der Waals surface area contributed by atoms with E-state index in [1.54, 1.807) is 0 Å². The second kappa shape index (κ2) is 8.30. The topological polar surface area (TPSA) is 69.8 Å². The highest BCUT2D eigenvalue weighted by atomic mass is 35.5. The van der Waals surface area contributed by atoms with Gasteiger partial charge in [0.15, 0.2) is 5.82 Å². The third-order valence-corrected chi connectivity index (χ3v) is 5.22.